The van der Waals surface area contributed by atoms with Gasteiger partial charge in [0, 0.05) is 36.9 Å². The van der Waals surface area contributed by atoms with Crippen molar-refractivity contribution >= 4 is 23.9 Å². The summed E-state index contributed by atoms with van der Waals surface area (Å²) in [5.41, 5.74) is 1.22. The average Bonchev–Trinajstić information content (AvgIpc) is 2.74. The lowest BCUT2D eigenvalue weighted by molar-refractivity contribution is 0.0592. The quantitative estimate of drug-likeness (QED) is 0.915. The van der Waals surface area contributed by atoms with Crippen LogP contribution < -0.4 is 4.90 Å². The average molecular weight is 339 g/mol. The highest BCUT2D eigenvalue weighted by Crippen LogP contribution is 2.46. The lowest BCUT2D eigenvalue weighted by Gasteiger charge is -2.38. The predicted molar refractivity (Wildman–Crippen MR) is 96.7 cm³/mol. The van der Waals surface area contributed by atoms with Gasteiger partial charge in [-0.05, 0) is 25.8 Å². The number of aliphatic imine (C=N–C) groups is 1. The summed E-state index contributed by atoms with van der Waals surface area (Å²) < 4.78 is 5.35. The smallest absolute Gasteiger partial charge is 0.149 e. The summed E-state index contributed by atoms with van der Waals surface area (Å²) in [6.07, 6.45) is 1.57. The Bertz CT molecular complexity index is 602. The molecule has 0 aliphatic carbocycles. The van der Waals surface area contributed by atoms with Crippen molar-refractivity contribution in [1.29, 1.82) is 0 Å². The Hall–Kier alpha value is -1.10. The standard InChI is InChI=1S/C18H26N2O2.ClH/c1-13(22-4)9-10-18(21)14-7-5-6-8-15(14)20-12-17(2,3)11-19-16(18)20;/h5-8,13,21H,9-12H2,1-4H3;1H. The van der Waals surface area contributed by atoms with Gasteiger partial charge in [-0.3, -0.25) is 4.99 Å². The molecule has 0 radical (unpaired) electrons. The highest BCUT2D eigenvalue weighted by atomic mass is 35.5. The molecular formula is C18H27ClN2O2. The van der Waals surface area contributed by atoms with E-state index in [0.717, 1.165) is 36.6 Å². The third-order valence-corrected chi connectivity index (χ3v) is 4.82. The summed E-state index contributed by atoms with van der Waals surface area (Å²) in [7, 11) is 1.71. The zero-order valence-corrected chi connectivity index (χ0v) is 15.2. The molecule has 2 unspecified atom stereocenters. The van der Waals surface area contributed by atoms with Crippen molar-refractivity contribution in [2.45, 2.75) is 45.3 Å². The van der Waals surface area contributed by atoms with Crippen molar-refractivity contribution in [3.05, 3.63) is 29.8 Å². The Morgan fingerprint density at radius 2 is 2.04 bits per heavy atom. The number of para-hydroxylation sites is 1. The molecule has 0 amide bonds. The SMILES string of the molecule is COC(C)CCC1(O)C2=NCC(C)(C)CN2c2ccccc21.Cl. The van der Waals surface area contributed by atoms with Crippen LogP contribution in [0.5, 0.6) is 0 Å². The molecule has 1 N–H and O–H groups in total. The minimum atomic E-state index is -0.986. The fraction of sp³-hybridized carbons (Fsp3) is 0.611. The molecule has 3 rings (SSSR count). The molecule has 0 saturated carbocycles. The van der Waals surface area contributed by atoms with Crippen LogP contribution in [0.3, 0.4) is 0 Å². The number of amidine groups is 1. The Labute approximate surface area is 145 Å². The van der Waals surface area contributed by atoms with Gasteiger partial charge in [0.05, 0.1) is 6.10 Å². The molecule has 5 heteroatoms. The summed E-state index contributed by atoms with van der Waals surface area (Å²) in [5.74, 6) is 0.816. The molecule has 0 bridgehead atoms. The first-order valence-electron chi connectivity index (χ1n) is 8.04. The van der Waals surface area contributed by atoms with Crippen LogP contribution >= 0.6 is 12.4 Å². The first kappa shape index (κ1) is 18.2. The Morgan fingerprint density at radius 3 is 2.74 bits per heavy atom. The second-order valence-electron chi connectivity index (χ2n) is 7.35. The number of anilines is 1. The van der Waals surface area contributed by atoms with Crippen LogP contribution in [0.15, 0.2) is 29.3 Å². The number of fused-ring (bicyclic) bond motifs is 3. The number of hydrogen-bond donors (Lipinski definition) is 1. The maximum atomic E-state index is 11.4. The first-order chi connectivity index (χ1) is 10.4. The fourth-order valence-corrected chi connectivity index (χ4v) is 3.44. The van der Waals surface area contributed by atoms with Crippen molar-refractivity contribution in [3.8, 4) is 0 Å². The minimum Gasteiger partial charge on any atom is -0.382 e. The van der Waals surface area contributed by atoms with Crippen molar-refractivity contribution in [2.24, 2.45) is 10.4 Å². The number of nitrogens with zero attached hydrogens (tertiary/aromatic N) is 2. The molecule has 23 heavy (non-hydrogen) atoms. The van der Waals surface area contributed by atoms with Crippen LogP contribution in [-0.4, -0.2) is 37.2 Å². The number of rotatable bonds is 4. The van der Waals surface area contributed by atoms with E-state index in [0.29, 0.717) is 6.42 Å². The molecule has 0 saturated heterocycles. The third kappa shape index (κ3) is 3.12. The van der Waals surface area contributed by atoms with Crippen LogP contribution in [0, 0.1) is 5.41 Å². The summed E-state index contributed by atoms with van der Waals surface area (Å²) in [6.45, 7) is 8.13. The monoisotopic (exact) mass is 338 g/mol. The summed E-state index contributed by atoms with van der Waals surface area (Å²) in [5, 5.41) is 11.4. The molecular weight excluding hydrogens is 312 g/mol. The van der Waals surface area contributed by atoms with Crippen LogP contribution in [0.1, 0.15) is 39.2 Å². The number of aliphatic hydroxyl groups is 1. The highest BCUT2D eigenvalue weighted by Gasteiger charge is 2.49. The molecule has 0 spiro atoms. The van der Waals surface area contributed by atoms with E-state index in [-0.39, 0.29) is 23.9 Å². The van der Waals surface area contributed by atoms with Crippen LogP contribution in [0.2, 0.25) is 0 Å². The highest BCUT2D eigenvalue weighted by molar-refractivity contribution is 6.10. The Kier molecular flexibility index (Phi) is 5.09. The molecule has 2 atom stereocenters. The number of hydrogen-bond acceptors (Lipinski definition) is 4. The second kappa shape index (κ2) is 6.42. The largest absolute Gasteiger partial charge is 0.382 e. The zero-order chi connectivity index (χ0) is 16.0. The van der Waals surface area contributed by atoms with Crippen LogP contribution in [0.4, 0.5) is 5.69 Å². The maximum absolute atomic E-state index is 11.4. The molecule has 4 nitrogen and oxygen atoms in total. The Morgan fingerprint density at radius 1 is 1.35 bits per heavy atom. The van der Waals surface area contributed by atoms with E-state index in [9.17, 15) is 5.11 Å². The molecule has 1 aromatic carbocycles. The van der Waals surface area contributed by atoms with Gasteiger partial charge in [-0.1, -0.05) is 32.0 Å². The van der Waals surface area contributed by atoms with Crippen molar-refractivity contribution in [2.75, 3.05) is 25.1 Å². The van der Waals surface area contributed by atoms with Gasteiger partial charge in [-0.2, -0.15) is 0 Å². The first-order valence-corrected chi connectivity index (χ1v) is 8.04. The molecule has 2 aliphatic heterocycles. The Balaban J connectivity index is 0.00000192. The van der Waals surface area contributed by atoms with E-state index >= 15 is 0 Å². The van der Waals surface area contributed by atoms with Gasteiger partial charge in [-0.15, -0.1) is 12.4 Å². The molecule has 128 valence electrons. The molecule has 2 heterocycles. The van der Waals surface area contributed by atoms with E-state index in [1.807, 2.05) is 25.1 Å². The lowest BCUT2D eigenvalue weighted by atomic mass is 9.87. The van der Waals surface area contributed by atoms with Gasteiger partial charge >= 0.3 is 0 Å². The van der Waals surface area contributed by atoms with Gasteiger partial charge in [-0.25, -0.2) is 0 Å². The summed E-state index contributed by atoms with van der Waals surface area (Å²) in [6, 6.07) is 8.14. The maximum Gasteiger partial charge on any atom is 0.149 e. The molecule has 0 aromatic heterocycles. The lowest BCUT2D eigenvalue weighted by Crippen LogP contribution is -2.49. The van der Waals surface area contributed by atoms with Gasteiger partial charge in [0.1, 0.15) is 11.4 Å². The third-order valence-electron chi connectivity index (χ3n) is 4.82. The summed E-state index contributed by atoms with van der Waals surface area (Å²) >= 11 is 0. The summed E-state index contributed by atoms with van der Waals surface area (Å²) in [4.78, 5) is 6.97. The van der Waals surface area contributed by atoms with Crippen molar-refractivity contribution < 1.29 is 9.84 Å². The van der Waals surface area contributed by atoms with E-state index in [1.54, 1.807) is 7.11 Å². The normalized spacial score (nSPS) is 26.0. The van der Waals surface area contributed by atoms with Gasteiger partial charge in [0.2, 0.25) is 0 Å². The van der Waals surface area contributed by atoms with E-state index in [2.05, 4.69) is 24.8 Å². The number of benzene rings is 1. The van der Waals surface area contributed by atoms with Crippen molar-refractivity contribution in [3.63, 3.8) is 0 Å². The van der Waals surface area contributed by atoms with Gasteiger partial charge < -0.3 is 14.7 Å². The second-order valence-corrected chi connectivity index (χ2v) is 7.35. The predicted octanol–water partition coefficient (Wildman–Crippen LogP) is 3.37. The van der Waals surface area contributed by atoms with E-state index in [1.165, 1.54) is 0 Å². The van der Waals surface area contributed by atoms with Gasteiger partial charge in [0.15, 0.2) is 0 Å². The molecule has 1 aromatic rings. The zero-order valence-electron chi connectivity index (χ0n) is 14.4. The van der Waals surface area contributed by atoms with E-state index < -0.39 is 5.60 Å². The van der Waals surface area contributed by atoms with Crippen molar-refractivity contribution in [1.82, 2.24) is 0 Å². The topological polar surface area (TPSA) is 45.1 Å². The number of ether oxygens (including phenoxy) is 1. The van der Waals surface area contributed by atoms with E-state index in [4.69, 9.17) is 9.73 Å². The van der Waals surface area contributed by atoms with Crippen LogP contribution in [0.25, 0.3) is 0 Å². The number of halogens is 1. The van der Waals surface area contributed by atoms with Crippen LogP contribution in [-0.2, 0) is 10.3 Å². The number of methoxy groups -OCH3 is 1. The fourth-order valence-electron chi connectivity index (χ4n) is 3.44. The minimum absolute atomic E-state index is 0. The molecule has 2 aliphatic rings. The van der Waals surface area contributed by atoms with Gasteiger partial charge in [0.25, 0.3) is 0 Å². The molecule has 0 fully saturated rings.